The molecule has 2 unspecified atom stereocenters. The molecule has 108 valence electrons. The fourth-order valence-corrected chi connectivity index (χ4v) is 3.34. The highest BCUT2D eigenvalue weighted by Crippen LogP contribution is 2.65. The third kappa shape index (κ3) is 2.71. The maximum Gasteiger partial charge on any atom is 0.231 e. The van der Waals surface area contributed by atoms with Crippen LogP contribution in [-0.4, -0.2) is 10.2 Å². The van der Waals surface area contributed by atoms with Crippen molar-refractivity contribution in [3.05, 3.63) is 60.2 Å². The normalized spacial score (nSPS) is 22.6. The standard InChI is InChI=1S/C16H14Cl2N2O/c17-16(18)13(10-4-2-1-3-5-10)14(16)15(21)20-12-8-6-11(19)7-9-12/h1-9,13-14H,19H2,(H,20,21). The molecule has 0 aromatic heterocycles. The van der Waals surface area contributed by atoms with Gasteiger partial charge in [-0.1, -0.05) is 30.3 Å². The highest BCUT2D eigenvalue weighted by atomic mass is 35.5. The van der Waals surface area contributed by atoms with Crippen LogP contribution >= 0.6 is 23.2 Å². The van der Waals surface area contributed by atoms with Crippen molar-refractivity contribution in [2.75, 3.05) is 11.1 Å². The third-order valence-corrected chi connectivity index (χ3v) is 4.61. The Morgan fingerprint density at radius 2 is 1.67 bits per heavy atom. The SMILES string of the molecule is Nc1ccc(NC(=O)C2C(c3ccccc3)C2(Cl)Cl)cc1. The summed E-state index contributed by atoms with van der Waals surface area (Å²) in [5, 5.41) is 2.82. The Bertz CT molecular complexity index is 656. The number of nitrogens with two attached hydrogens (primary N) is 1. The number of carbonyl (C=O) groups excluding carboxylic acids is 1. The second-order valence-corrected chi connectivity index (χ2v) is 6.60. The second-order valence-electron chi connectivity index (χ2n) is 5.15. The van der Waals surface area contributed by atoms with E-state index in [4.69, 9.17) is 28.9 Å². The Morgan fingerprint density at radius 1 is 1.05 bits per heavy atom. The number of alkyl halides is 2. The molecule has 5 heteroatoms. The molecule has 3 rings (SSSR count). The molecule has 0 saturated heterocycles. The molecular weight excluding hydrogens is 307 g/mol. The van der Waals surface area contributed by atoms with Gasteiger partial charge in [0.25, 0.3) is 0 Å². The molecule has 1 fully saturated rings. The lowest BCUT2D eigenvalue weighted by molar-refractivity contribution is -0.117. The Balaban J connectivity index is 1.75. The third-order valence-electron chi connectivity index (χ3n) is 3.67. The van der Waals surface area contributed by atoms with Gasteiger partial charge in [0, 0.05) is 17.3 Å². The van der Waals surface area contributed by atoms with Crippen LogP contribution in [0.5, 0.6) is 0 Å². The van der Waals surface area contributed by atoms with E-state index in [1.54, 1.807) is 24.3 Å². The second kappa shape index (κ2) is 5.24. The minimum Gasteiger partial charge on any atom is -0.399 e. The van der Waals surface area contributed by atoms with Crippen molar-refractivity contribution < 1.29 is 4.79 Å². The van der Waals surface area contributed by atoms with Gasteiger partial charge in [-0.3, -0.25) is 4.79 Å². The Morgan fingerprint density at radius 3 is 2.29 bits per heavy atom. The zero-order valence-electron chi connectivity index (χ0n) is 11.1. The van der Waals surface area contributed by atoms with Crippen LogP contribution in [0.3, 0.4) is 0 Å². The summed E-state index contributed by atoms with van der Waals surface area (Å²) in [5.74, 6) is -0.824. The Hall–Kier alpha value is -1.71. The molecule has 0 radical (unpaired) electrons. The molecule has 0 spiro atoms. The minimum absolute atomic E-state index is 0.182. The average molecular weight is 321 g/mol. The van der Waals surface area contributed by atoms with Gasteiger partial charge in [-0.25, -0.2) is 0 Å². The van der Waals surface area contributed by atoms with E-state index < -0.39 is 10.3 Å². The first-order valence-corrected chi connectivity index (χ1v) is 7.35. The van der Waals surface area contributed by atoms with Crippen molar-refractivity contribution in [3.8, 4) is 0 Å². The van der Waals surface area contributed by atoms with Gasteiger partial charge in [-0.2, -0.15) is 0 Å². The van der Waals surface area contributed by atoms with Gasteiger partial charge in [-0.15, -0.1) is 23.2 Å². The summed E-state index contributed by atoms with van der Waals surface area (Å²) in [6, 6.07) is 16.5. The summed E-state index contributed by atoms with van der Waals surface area (Å²) >= 11 is 12.6. The molecule has 0 bridgehead atoms. The Labute approximate surface area is 133 Å². The van der Waals surface area contributed by atoms with Crippen LogP contribution in [0.15, 0.2) is 54.6 Å². The average Bonchev–Trinajstić information content (AvgIpc) is 3.05. The largest absolute Gasteiger partial charge is 0.399 e. The van der Waals surface area contributed by atoms with Gasteiger partial charge in [0.2, 0.25) is 5.91 Å². The smallest absolute Gasteiger partial charge is 0.231 e. The van der Waals surface area contributed by atoms with Crippen LogP contribution in [0.25, 0.3) is 0 Å². The van der Waals surface area contributed by atoms with Crippen molar-refractivity contribution in [1.82, 2.24) is 0 Å². The number of rotatable bonds is 3. The maximum absolute atomic E-state index is 12.3. The summed E-state index contributed by atoms with van der Waals surface area (Å²) in [5.41, 5.74) is 7.91. The molecule has 1 amide bonds. The van der Waals surface area contributed by atoms with Gasteiger partial charge < -0.3 is 11.1 Å². The van der Waals surface area contributed by atoms with Crippen LogP contribution in [0, 0.1) is 5.92 Å². The van der Waals surface area contributed by atoms with E-state index in [1.165, 1.54) is 0 Å². The first kappa shape index (κ1) is 14.2. The molecule has 21 heavy (non-hydrogen) atoms. The van der Waals surface area contributed by atoms with Crippen LogP contribution in [0.4, 0.5) is 11.4 Å². The topological polar surface area (TPSA) is 55.1 Å². The molecule has 0 heterocycles. The lowest BCUT2D eigenvalue weighted by atomic mass is 10.1. The van der Waals surface area contributed by atoms with Gasteiger partial charge in [0.1, 0.15) is 4.33 Å². The van der Waals surface area contributed by atoms with Crippen molar-refractivity contribution in [2.45, 2.75) is 10.3 Å². The molecule has 2 aromatic rings. The maximum atomic E-state index is 12.3. The van der Waals surface area contributed by atoms with Gasteiger partial charge in [-0.05, 0) is 29.8 Å². The highest BCUT2D eigenvalue weighted by Gasteiger charge is 2.67. The van der Waals surface area contributed by atoms with E-state index in [0.717, 1.165) is 5.56 Å². The zero-order valence-corrected chi connectivity index (χ0v) is 12.6. The van der Waals surface area contributed by atoms with Crippen LogP contribution < -0.4 is 11.1 Å². The molecule has 3 N–H and O–H groups in total. The van der Waals surface area contributed by atoms with E-state index >= 15 is 0 Å². The minimum atomic E-state index is -1.06. The molecule has 2 aromatic carbocycles. The summed E-state index contributed by atoms with van der Waals surface area (Å²) in [6.07, 6.45) is 0. The number of amides is 1. The van der Waals surface area contributed by atoms with E-state index in [0.29, 0.717) is 11.4 Å². The molecule has 3 nitrogen and oxygen atoms in total. The first-order chi connectivity index (χ1) is 10.00. The summed E-state index contributed by atoms with van der Waals surface area (Å²) in [4.78, 5) is 12.3. The van der Waals surface area contributed by atoms with Crippen LogP contribution in [-0.2, 0) is 4.79 Å². The summed E-state index contributed by atoms with van der Waals surface area (Å²) in [7, 11) is 0. The predicted octanol–water partition coefficient (Wildman–Crippen LogP) is 3.79. The lowest BCUT2D eigenvalue weighted by Crippen LogP contribution is -2.17. The highest BCUT2D eigenvalue weighted by molar-refractivity contribution is 6.53. The number of hydrogen-bond donors (Lipinski definition) is 2. The number of carbonyl (C=O) groups is 1. The fraction of sp³-hybridized carbons (Fsp3) is 0.188. The van der Waals surface area contributed by atoms with Crippen LogP contribution in [0.1, 0.15) is 11.5 Å². The van der Waals surface area contributed by atoms with Gasteiger partial charge in [0.15, 0.2) is 0 Å². The molecule has 1 aliphatic carbocycles. The zero-order chi connectivity index (χ0) is 15.0. The van der Waals surface area contributed by atoms with E-state index in [1.807, 2.05) is 30.3 Å². The molecule has 1 saturated carbocycles. The number of halogens is 2. The number of benzene rings is 2. The van der Waals surface area contributed by atoms with E-state index in [9.17, 15) is 4.79 Å². The number of nitrogens with one attached hydrogen (secondary N) is 1. The number of hydrogen-bond acceptors (Lipinski definition) is 2. The summed E-state index contributed by atoms with van der Waals surface area (Å²) in [6.45, 7) is 0. The van der Waals surface area contributed by atoms with Crippen molar-refractivity contribution in [2.24, 2.45) is 5.92 Å². The number of nitrogen functional groups attached to an aromatic ring is 1. The van der Waals surface area contributed by atoms with Crippen molar-refractivity contribution in [1.29, 1.82) is 0 Å². The molecular formula is C16H14Cl2N2O. The van der Waals surface area contributed by atoms with Gasteiger partial charge >= 0.3 is 0 Å². The lowest BCUT2D eigenvalue weighted by Gasteiger charge is -2.05. The quantitative estimate of drug-likeness (QED) is 0.667. The molecule has 1 aliphatic rings. The monoisotopic (exact) mass is 320 g/mol. The number of anilines is 2. The predicted molar refractivity (Wildman–Crippen MR) is 86.6 cm³/mol. The summed E-state index contributed by atoms with van der Waals surface area (Å²) < 4.78 is -1.06. The van der Waals surface area contributed by atoms with E-state index in [2.05, 4.69) is 5.32 Å². The van der Waals surface area contributed by atoms with E-state index in [-0.39, 0.29) is 11.8 Å². The van der Waals surface area contributed by atoms with Crippen molar-refractivity contribution in [3.63, 3.8) is 0 Å². The fourth-order valence-electron chi connectivity index (χ4n) is 2.51. The molecule has 2 atom stereocenters. The Kier molecular flexibility index (Phi) is 3.56. The van der Waals surface area contributed by atoms with Crippen LogP contribution in [0.2, 0.25) is 0 Å². The van der Waals surface area contributed by atoms with Gasteiger partial charge in [0.05, 0.1) is 5.92 Å². The first-order valence-electron chi connectivity index (χ1n) is 6.59. The molecule has 0 aliphatic heterocycles. The van der Waals surface area contributed by atoms with Crippen molar-refractivity contribution >= 4 is 40.5 Å².